The molecule has 0 saturated carbocycles. The van der Waals surface area contributed by atoms with Gasteiger partial charge in [0.25, 0.3) is 0 Å². The minimum absolute atomic E-state index is 0.235. The van der Waals surface area contributed by atoms with Crippen molar-refractivity contribution in [2.45, 2.75) is 33.7 Å². The molecule has 0 aromatic rings. The van der Waals surface area contributed by atoms with Gasteiger partial charge in [0.05, 0.1) is 13.2 Å². The van der Waals surface area contributed by atoms with Crippen LogP contribution in [0.4, 0.5) is 0 Å². The molecule has 0 aromatic heterocycles. The van der Waals surface area contributed by atoms with E-state index in [0.29, 0.717) is 19.0 Å². The molecule has 0 aromatic carbocycles. The molecule has 0 radical (unpaired) electrons. The maximum absolute atomic E-state index is 5.55. The Morgan fingerprint density at radius 1 is 1.67 bits per heavy atom. The summed E-state index contributed by atoms with van der Waals surface area (Å²) in [5.41, 5.74) is -0.366. The largest absolute Gasteiger partial charge is 0.484 e. The van der Waals surface area contributed by atoms with E-state index < -0.39 is 0 Å². The highest BCUT2D eigenvalue weighted by molar-refractivity contribution is 6.04. The van der Waals surface area contributed by atoms with Crippen LogP contribution in [0.15, 0.2) is 9.98 Å². The highest BCUT2D eigenvalue weighted by Gasteiger charge is 2.37. The van der Waals surface area contributed by atoms with Crippen molar-refractivity contribution < 1.29 is 9.47 Å². The fourth-order valence-corrected chi connectivity index (χ4v) is 1.57. The van der Waals surface area contributed by atoms with E-state index >= 15 is 0 Å². The SMILES string of the molecule is CCN=C(OC)C(C)(C)C1=NC(C)CO1. The highest BCUT2D eigenvalue weighted by Crippen LogP contribution is 2.25. The maximum Gasteiger partial charge on any atom is 0.199 e. The van der Waals surface area contributed by atoms with E-state index in [4.69, 9.17) is 9.47 Å². The van der Waals surface area contributed by atoms with E-state index in [1.807, 2.05) is 27.7 Å². The number of nitrogens with zero attached hydrogens (tertiary/aromatic N) is 2. The second-order valence-corrected chi connectivity index (χ2v) is 4.20. The summed E-state index contributed by atoms with van der Waals surface area (Å²) in [6.07, 6.45) is 0. The van der Waals surface area contributed by atoms with Gasteiger partial charge in [-0.3, -0.25) is 4.99 Å². The standard InChI is InChI=1S/C11H20N2O2/c1-6-12-9(14-5)11(3,4)10-13-8(2)7-15-10/h8H,6-7H2,1-5H3. The van der Waals surface area contributed by atoms with Crippen molar-refractivity contribution in [2.75, 3.05) is 20.3 Å². The molecule has 1 aliphatic rings. The van der Waals surface area contributed by atoms with Gasteiger partial charge in [0, 0.05) is 6.54 Å². The van der Waals surface area contributed by atoms with Gasteiger partial charge in [0.2, 0.25) is 0 Å². The van der Waals surface area contributed by atoms with Crippen molar-refractivity contribution in [1.29, 1.82) is 0 Å². The van der Waals surface area contributed by atoms with Crippen molar-refractivity contribution >= 4 is 11.8 Å². The average Bonchev–Trinajstić information content (AvgIpc) is 2.61. The Bertz CT molecular complexity index is 278. The normalized spacial score (nSPS) is 22.3. The van der Waals surface area contributed by atoms with E-state index in [1.165, 1.54) is 0 Å². The zero-order chi connectivity index (χ0) is 11.5. The highest BCUT2D eigenvalue weighted by atomic mass is 16.5. The van der Waals surface area contributed by atoms with E-state index in [2.05, 4.69) is 9.98 Å². The third kappa shape index (κ3) is 2.49. The number of aliphatic imine (C=N–C) groups is 2. The minimum atomic E-state index is -0.366. The molecule has 1 atom stereocenters. The number of hydrogen-bond acceptors (Lipinski definition) is 4. The lowest BCUT2D eigenvalue weighted by atomic mass is 9.92. The molecule has 1 rings (SSSR count). The topological polar surface area (TPSA) is 43.2 Å². The Morgan fingerprint density at radius 2 is 2.33 bits per heavy atom. The van der Waals surface area contributed by atoms with Crippen LogP contribution >= 0.6 is 0 Å². The van der Waals surface area contributed by atoms with Crippen LogP contribution in [0.3, 0.4) is 0 Å². The number of hydrogen-bond donors (Lipinski definition) is 0. The van der Waals surface area contributed by atoms with E-state index in [-0.39, 0.29) is 11.5 Å². The summed E-state index contributed by atoms with van der Waals surface area (Å²) in [5.74, 6) is 1.40. The first-order valence-electron chi connectivity index (χ1n) is 5.32. The van der Waals surface area contributed by atoms with Gasteiger partial charge in [-0.1, -0.05) is 0 Å². The van der Waals surface area contributed by atoms with Crippen LogP contribution in [0.5, 0.6) is 0 Å². The Labute approximate surface area is 91.4 Å². The Balaban J connectivity index is 2.90. The molecule has 0 saturated heterocycles. The van der Waals surface area contributed by atoms with Crippen LogP contribution in [-0.2, 0) is 9.47 Å². The number of methoxy groups -OCH3 is 1. The Hall–Kier alpha value is -1.06. The molecule has 0 bridgehead atoms. The van der Waals surface area contributed by atoms with Gasteiger partial charge in [-0.05, 0) is 27.7 Å². The van der Waals surface area contributed by atoms with E-state index in [9.17, 15) is 0 Å². The lowest BCUT2D eigenvalue weighted by molar-refractivity contribution is 0.281. The van der Waals surface area contributed by atoms with Crippen LogP contribution in [0.25, 0.3) is 0 Å². The molecule has 1 heterocycles. The van der Waals surface area contributed by atoms with Crippen molar-refractivity contribution in [3.05, 3.63) is 0 Å². The zero-order valence-electron chi connectivity index (χ0n) is 10.2. The van der Waals surface area contributed by atoms with Crippen LogP contribution < -0.4 is 0 Å². The molecule has 86 valence electrons. The van der Waals surface area contributed by atoms with Crippen LogP contribution in [0.2, 0.25) is 0 Å². The van der Waals surface area contributed by atoms with E-state index in [0.717, 1.165) is 5.90 Å². The predicted molar refractivity (Wildman–Crippen MR) is 61.6 cm³/mol. The lowest BCUT2D eigenvalue weighted by Gasteiger charge is -2.24. The van der Waals surface area contributed by atoms with Gasteiger partial charge >= 0.3 is 0 Å². The van der Waals surface area contributed by atoms with Crippen molar-refractivity contribution in [1.82, 2.24) is 0 Å². The smallest absolute Gasteiger partial charge is 0.199 e. The molecule has 0 N–H and O–H groups in total. The summed E-state index contributed by atoms with van der Waals surface area (Å²) < 4.78 is 10.8. The third-order valence-corrected chi connectivity index (χ3v) is 2.36. The first-order valence-corrected chi connectivity index (χ1v) is 5.32. The first kappa shape index (κ1) is 12.0. The van der Waals surface area contributed by atoms with E-state index in [1.54, 1.807) is 7.11 Å². The summed E-state index contributed by atoms with van der Waals surface area (Å²) in [5, 5.41) is 0. The molecular formula is C11H20N2O2. The van der Waals surface area contributed by atoms with Crippen LogP contribution in [-0.4, -0.2) is 38.1 Å². The summed E-state index contributed by atoms with van der Waals surface area (Å²) in [6.45, 7) is 9.41. The summed E-state index contributed by atoms with van der Waals surface area (Å²) in [7, 11) is 1.63. The molecular weight excluding hydrogens is 192 g/mol. The monoisotopic (exact) mass is 212 g/mol. The van der Waals surface area contributed by atoms with Gasteiger partial charge in [-0.15, -0.1) is 0 Å². The summed E-state index contributed by atoms with van der Waals surface area (Å²) in [6, 6.07) is 0.235. The average molecular weight is 212 g/mol. The lowest BCUT2D eigenvalue weighted by Crippen LogP contribution is -2.35. The fraction of sp³-hybridized carbons (Fsp3) is 0.818. The molecule has 1 aliphatic heterocycles. The Kier molecular flexibility index (Phi) is 3.72. The molecule has 4 heteroatoms. The maximum atomic E-state index is 5.55. The summed E-state index contributed by atoms with van der Waals surface area (Å²) in [4.78, 5) is 8.76. The van der Waals surface area contributed by atoms with Gasteiger partial charge in [0.15, 0.2) is 11.8 Å². The molecule has 0 spiro atoms. The molecule has 15 heavy (non-hydrogen) atoms. The van der Waals surface area contributed by atoms with Crippen molar-refractivity contribution in [3.8, 4) is 0 Å². The van der Waals surface area contributed by atoms with Gasteiger partial charge in [0.1, 0.15) is 12.0 Å². The van der Waals surface area contributed by atoms with Crippen molar-refractivity contribution in [3.63, 3.8) is 0 Å². The predicted octanol–water partition coefficient (Wildman–Crippen LogP) is 1.89. The quantitative estimate of drug-likeness (QED) is 0.529. The zero-order valence-corrected chi connectivity index (χ0v) is 10.2. The number of ether oxygens (including phenoxy) is 2. The molecule has 0 fully saturated rings. The molecule has 0 aliphatic carbocycles. The molecule has 0 amide bonds. The summed E-state index contributed by atoms with van der Waals surface area (Å²) >= 11 is 0. The van der Waals surface area contributed by atoms with Crippen LogP contribution in [0.1, 0.15) is 27.7 Å². The van der Waals surface area contributed by atoms with Gasteiger partial charge in [-0.2, -0.15) is 0 Å². The van der Waals surface area contributed by atoms with Crippen molar-refractivity contribution in [2.24, 2.45) is 15.4 Å². The first-order chi connectivity index (χ1) is 7.02. The number of rotatable bonds is 3. The van der Waals surface area contributed by atoms with Crippen LogP contribution in [0, 0.1) is 5.41 Å². The minimum Gasteiger partial charge on any atom is -0.484 e. The molecule has 4 nitrogen and oxygen atoms in total. The van der Waals surface area contributed by atoms with Gasteiger partial charge in [-0.25, -0.2) is 4.99 Å². The van der Waals surface area contributed by atoms with Gasteiger partial charge < -0.3 is 9.47 Å². The fourth-order valence-electron chi connectivity index (χ4n) is 1.57. The second-order valence-electron chi connectivity index (χ2n) is 4.20. The third-order valence-electron chi connectivity index (χ3n) is 2.36. The second kappa shape index (κ2) is 4.64. The Morgan fingerprint density at radius 3 is 2.73 bits per heavy atom. The molecule has 1 unspecified atom stereocenters.